The average Bonchev–Trinajstić information content (AvgIpc) is 2.20. The van der Waals surface area contributed by atoms with Gasteiger partial charge in [0.2, 0.25) is 0 Å². The zero-order valence-electron chi connectivity index (χ0n) is 8.53. The van der Waals surface area contributed by atoms with E-state index < -0.39 is 0 Å². The number of hydrogen-bond acceptors (Lipinski definition) is 2. The fourth-order valence-electron chi connectivity index (χ4n) is 1.24. The Morgan fingerprint density at radius 2 is 2.14 bits per heavy atom. The van der Waals surface area contributed by atoms with Crippen molar-refractivity contribution in [2.45, 2.75) is 19.9 Å². The number of para-hydroxylation sites is 1. The van der Waals surface area contributed by atoms with Crippen molar-refractivity contribution in [3.63, 3.8) is 0 Å². The van der Waals surface area contributed by atoms with Gasteiger partial charge in [0, 0.05) is 12.1 Å². The van der Waals surface area contributed by atoms with E-state index in [4.69, 9.17) is 0 Å². The molecule has 0 unspecified atom stereocenters. The van der Waals surface area contributed by atoms with Gasteiger partial charge in [-0.1, -0.05) is 30.4 Å². The maximum absolute atomic E-state index is 9.46. The first kappa shape index (κ1) is 10.8. The van der Waals surface area contributed by atoms with Gasteiger partial charge in [-0.15, -0.1) is 0 Å². The predicted octanol–water partition coefficient (Wildman–Crippen LogP) is 2.45. The molecule has 2 N–H and O–H groups in total. The van der Waals surface area contributed by atoms with Crippen molar-refractivity contribution in [2.24, 2.45) is 0 Å². The van der Waals surface area contributed by atoms with Gasteiger partial charge in [0.1, 0.15) is 5.75 Å². The Balaban J connectivity index is 2.28. The zero-order chi connectivity index (χ0) is 10.2. The summed E-state index contributed by atoms with van der Waals surface area (Å²) in [6.07, 6.45) is 5.20. The number of hydrogen-bond donors (Lipinski definition) is 2. The van der Waals surface area contributed by atoms with E-state index in [9.17, 15) is 5.11 Å². The van der Waals surface area contributed by atoms with Crippen molar-refractivity contribution in [2.75, 3.05) is 6.54 Å². The highest BCUT2D eigenvalue weighted by Gasteiger charge is 1.96. The van der Waals surface area contributed by atoms with Crippen LogP contribution < -0.4 is 5.32 Å². The van der Waals surface area contributed by atoms with Crippen LogP contribution in [0.5, 0.6) is 5.75 Å². The van der Waals surface area contributed by atoms with Gasteiger partial charge in [0.05, 0.1) is 0 Å². The molecule has 0 radical (unpaired) electrons. The van der Waals surface area contributed by atoms with E-state index in [-0.39, 0.29) is 0 Å². The molecule has 1 aromatic rings. The molecule has 0 heterocycles. The van der Waals surface area contributed by atoms with E-state index in [1.54, 1.807) is 6.07 Å². The molecule has 2 nitrogen and oxygen atoms in total. The van der Waals surface area contributed by atoms with E-state index in [0.717, 1.165) is 25.1 Å². The van der Waals surface area contributed by atoms with Gasteiger partial charge in [0.25, 0.3) is 0 Å². The summed E-state index contributed by atoms with van der Waals surface area (Å²) in [6.45, 7) is 3.69. The van der Waals surface area contributed by atoms with Crippen molar-refractivity contribution in [1.82, 2.24) is 5.32 Å². The molecule has 14 heavy (non-hydrogen) atoms. The van der Waals surface area contributed by atoms with Gasteiger partial charge in [-0.2, -0.15) is 0 Å². The monoisotopic (exact) mass is 191 g/mol. The SMILES string of the molecule is C/C=C/CCNCc1ccccc1O. The van der Waals surface area contributed by atoms with Crippen LogP contribution in [0.15, 0.2) is 36.4 Å². The lowest BCUT2D eigenvalue weighted by molar-refractivity contribution is 0.464. The van der Waals surface area contributed by atoms with Crippen molar-refractivity contribution in [3.05, 3.63) is 42.0 Å². The van der Waals surface area contributed by atoms with Gasteiger partial charge in [0.15, 0.2) is 0 Å². The summed E-state index contributed by atoms with van der Waals surface area (Å²) in [5.74, 6) is 0.367. The minimum atomic E-state index is 0.367. The fraction of sp³-hybridized carbons (Fsp3) is 0.333. The highest BCUT2D eigenvalue weighted by atomic mass is 16.3. The molecule has 0 spiro atoms. The van der Waals surface area contributed by atoms with Crippen LogP contribution in [0, 0.1) is 0 Å². The third kappa shape index (κ3) is 3.62. The molecule has 1 aromatic carbocycles. The topological polar surface area (TPSA) is 32.3 Å². The molecule has 76 valence electrons. The van der Waals surface area contributed by atoms with Crippen LogP contribution in [0.1, 0.15) is 18.9 Å². The predicted molar refractivity (Wildman–Crippen MR) is 59.2 cm³/mol. The van der Waals surface area contributed by atoms with Gasteiger partial charge in [-0.3, -0.25) is 0 Å². The van der Waals surface area contributed by atoms with E-state index in [1.807, 2.05) is 31.2 Å². The molecule has 0 aliphatic heterocycles. The average molecular weight is 191 g/mol. The third-order valence-electron chi connectivity index (χ3n) is 2.03. The van der Waals surface area contributed by atoms with Gasteiger partial charge in [-0.25, -0.2) is 0 Å². The molecule has 0 fully saturated rings. The molecule has 0 amide bonds. The molecular formula is C12H17NO. The summed E-state index contributed by atoms with van der Waals surface area (Å²) >= 11 is 0. The molecule has 0 aromatic heterocycles. The summed E-state index contributed by atoms with van der Waals surface area (Å²) in [4.78, 5) is 0. The Labute approximate surface area is 85.3 Å². The number of allylic oxidation sites excluding steroid dienone is 1. The van der Waals surface area contributed by atoms with E-state index in [2.05, 4.69) is 11.4 Å². The Bertz CT molecular complexity index is 294. The Morgan fingerprint density at radius 3 is 2.86 bits per heavy atom. The first-order chi connectivity index (χ1) is 6.84. The fourth-order valence-corrected chi connectivity index (χ4v) is 1.24. The summed E-state index contributed by atoms with van der Waals surface area (Å²) < 4.78 is 0. The number of phenols is 1. The minimum absolute atomic E-state index is 0.367. The quantitative estimate of drug-likeness (QED) is 0.553. The Morgan fingerprint density at radius 1 is 1.36 bits per heavy atom. The molecule has 0 aliphatic carbocycles. The van der Waals surface area contributed by atoms with Gasteiger partial charge >= 0.3 is 0 Å². The van der Waals surface area contributed by atoms with Crippen LogP contribution in [-0.4, -0.2) is 11.7 Å². The van der Waals surface area contributed by atoms with Crippen LogP contribution in [0.2, 0.25) is 0 Å². The summed E-state index contributed by atoms with van der Waals surface area (Å²) in [5.41, 5.74) is 0.952. The van der Waals surface area contributed by atoms with Crippen molar-refractivity contribution >= 4 is 0 Å². The number of aromatic hydroxyl groups is 1. The first-order valence-corrected chi connectivity index (χ1v) is 4.93. The molecule has 0 aliphatic rings. The Kier molecular flexibility index (Phi) is 4.79. The second kappa shape index (κ2) is 6.22. The second-order valence-corrected chi connectivity index (χ2v) is 3.16. The van der Waals surface area contributed by atoms with E-state index in [1.165, 1.54) is 0 Å². The summed E-state index contributed by atoms with van der Waals surface area (Å²) in [5, 5.41) is 12.7. The maximum Gasteiger partial charge on any atom is 0.120 e. The van der Waals surface area contributed by atoms with Crippen LogP contribution >= 0.6 is 0 Å². The number of nitrogens with one attached hydrogen (secondary N) is 1. The molecule has 0 bridgehead atoms. The lowest BCUT2D eigenvalue weighted by atomic mass is 10.2. The van der Waals surface area contributed by atoms with Crippen molar-refractivity contribution in [1.29, 1.82) is 0 Å². The summed E-state index contributed by atoms with van der Waals surface area (Å²) in [7, 11) is 0. The van der Waals surface area contributed by atoms with E-state index in [0.29, 0.717) is 5.75 Å². The van der Waals surface area contributed by atoms with Crippen LogP contribution in [0.4, 0.5) is 0 Å². The highest BCUT2D eigenvalue weighted by Crippen LogP contribution is 2.14. The molecular weight excluding hydrogens is 174 g/mol. The molecule has 2 heteroatoms. The maximum atomic E-state index is 9.46. The molecule has 1 rings (SSSR count). The number of phenolic OH excluding ortho intramolecular Hbond substituents is 1. The summed E-state index contributed by atoms with van der Waals surface area (Å²) in [6, 6.07) is 7.41. The third-order valence-corrected chi connectivity index (χ3v) is 2.03. The largest absolute Gasteiger partial charge is 0.508 e. The van der Waals surface area contributed by atoms with Gasteiger partial charge < -0.3 is 10.4 Å². The lowest BCUT2D eigenvalue weighted by Gasteiger charge is -2.04. The zero-order valence-corrected chi connectivity index (χ0v) is 8.53. The van der Waals surface area contributed by atoms with Crippen LogP contribution in [0.25, 0.3) is 0 Å². The van der Waals surface area contributed by atoms with Gasteiger partial charge in [-0.05, 0) is 26.0 Å². The number of benzene rings is 1. The Hall–Kier alpha value is -1.28. The van der Waals surface area contributed by atoms with E-state index >= 15 is 0 Å². The first-order valence-electron chi connectivity index (χ1n) is 4.93. The lowest BCUT2D eigenvalue weighted by Crippen LogP contribution is -2.13. The second-order valence-electron chi connectivity index (χ2n) is 3.16. The molecule has 0 saturated carbocycles. The normalized spacial score (nSPS) is 10.9. The highest BCUT2D eigenvalue weighted by molar-refractivity contribution is 5.31. The van der Waals surface area contributed by atoms with Crippen molar-refractivity contribution in [3.8, 4) is 5.75 Å². The standard InChI is InChI=1S/C12H17NO/c1-2-3-6-9-13-10-11-7-4-5-8-12(11)14/h2-5,7-8,13-14H,6,9-10H2,1H3/b3-2+. The number of rotatable bonds is 5. The minimum Gasteiger partial charge on any atom is -0.508 e. The van der Waals surface area contributed by atoms with Crippen LogP contribution in [-0.2, 0) is 6.54 Å². The molecule has 0 saturated heterocycles. The molecule has 0 atom stereocenters. The van der Waals surface area contributed by atoms with Crippen molar-refractivity contribution < 1.29 is 5.11 Å². The smallest absolute Gasteiger partial charge is 0.120 e. The van der Waals surface area contributed by atoms with Crippen LogP contribution in [0.3, 0.4) is 0 Å².